The number of hydrogen-bond donors (Lipinski definition) is 5. The number of rotatable bonds is 9. The van der Waals surface area contributed by atoms with Gasteiger partial charge in [-0.1, -0.05) is 6.92 Å². The molecule has 0 aliphatic heterocycles. The molecule has 0 aromatic heterocycles. The number of hydrogen-bond acceptors (Lipinski definition) is 5. The average molecular weight is 217 g/mol. The second kappa shape index (κ2) is 8.01. The van der Waals surface area contributed by atoms with Crippen molar-refractivity contribution in [2.75, 3.05) is 19.6 Å². The fourth-order valence-electron chi connectivity index (χ4n) is 1.43. The van der Waals surface area contributed by atoms with Crippen LogP contribution in [0.15, 0.2) is 0 Å². The molecule has 1 atom stereocenters. The largest absolute Gasteiger partial charge is 0.330 e. The van der Waals surface area contributed by atoms with Gasteiger partial charge < -0.3 is 22.9 Å². The van der Waals surface area contributed by atoms with Crippen molar-refractivity contribution in [3.63, 3.8) is 0 Å². The van der Waals surface area contributed by atoms with E-state index in [9.17, 15) is 0 Å². The Morgan fingerprint density at radius 1 is 1.13 bits per heavy atom. The lowest BCUT2D eigenvalue weighted by Gasteiger charge is -2.27. The first kappa shape index (κ1) is 14.8. The van der Waals surface area contributed by atoms with Gasteiger partial charge >= 0.3 is 0 Å². The van der Waals surface area contributed by atoms with Gasteiger partial charge in [0.1, 0.15) is 5.79 Å². The predicted octanol–water partition coefficient (Wildman–Crippen LogP) is -0.739. The highest BCUT2D eigenvalue weighted by atomic mass is 15.2. The Morgan fingerprint density at radius 2 is 1.80 bits per heavy atom. The standard InChI is InChI=1S/C10H27N5/c1-9(4-7-12)3-5-10(13,14)15-8-2-6-11/h9,15H,2-8,11-14H2,1H3. The number of nitrogens with one attached hydrogen (secondary N) is 1. The van der Waals surface area contributed by atoms with Gasteiger partial charge in [0.2, 0.25) is 0 Å². The zero-order valence-electron chi connectivity index (χ0n) is 9.84. The van der Waals surface area contributed by atoms with Gasteiger partial charge in [-0.25, -0.2) is 0 Å². The lowest BCUT2D eigenvalue weighted by atomic mass is 9.99. The Morgan fingerprint density at radius 3 is 2.33 bits per heavy atom. The Balaban J connectivity index is 3.62. The van der Waals surface area contributed by atoms with Crippen LogP contribution in [0.3, 0.4) is 0 Å². The molecule has 0 aromatic carbocycles. The summed E-state index contributed by atoms with van der Waals surface area (Å²) in [6.45, 7) is 4.33. The zero-order valence-corrected chi connectivity index (χ0v) is 9.84. The molecule has 15 heavy (non-hydrogen) atoms. The molecule has 0 aromatic rings. The maximum atomic E-state index is 5.90. The first-order valence-electron chi connectivity index (χ1n) is 5.74. The van der Waals surface area contributed by atoms with Crippen molar-refractivity contribution < 1.29 is 0 Å². The lowest BCUT2D eigenvalue weighted by Crippen LogP contribution is -2.61. The molecular weight excluding hydrogens is 190 g/mol. The zero-order chi connectivity index (χ0) is 11.7. The topological polar surface area (TPSA) is 116 Å². The molecule has 92 valence electrons. The molecule has 0 saturated heterocycles. The van der Waals surface area contributed by atoms with Crippen LogP contribution in [0.25, 0.3) is 0 Å². The number of nitrogens with two attached hydrogens (primary N) is 4. The SMILES string of the molecule is CC(CCN)CCC(N)(N)NCCCN. The molecule has 0 saturated carbocycles. The van der Waals surface area contributed by atoms with Gasteiger partial charge in [0.15, 0.2) is 0 Å². The molecule has 0 fully saturated rings. The fourth-order valence-corrected chi connectivity index (χ4v) is 1.43. The maximum Gasteiger partial charge on any atom is 0.118 e. The third-order valence-electron chi connectivity index (χ3n) is 2.55. The minimum absolute atomic E-state index is 0.581. The van der Waals surface area contributed by atoms with E-state index in [1.807, 2.05) is 0 Å². The molecule has 0 bridgehead atoms. The van der Waals surface area contributed by atoms with Crippen molar-refractivity contribution in [3.8, 4) is 0 Å². The minimum atomic E-state index is -0.766. The quantitative estimate of drug-likeness (QED) is 0.258. The summed E-state index contributed by atoms with van der Waals surface area (Å²) in [6, 6.07) is 0. The summed E-state index contributed by atoms with van der Waals surface area (Å²) in [6.07, 6.45) is 3.69. The van der Waals surface area contributed by atoms with Crippen LogP contribution in [-0.4, -0.2) is 25.4 Å². The summed E-state index contributed by atoms with van der Waals surface area (Å²) in [5, 5.41) is 3.10. The molecule has 5 heteroatoms. The minimum Gasteiger partial charge on any atom is -0.330 e. The van der Waals surface area contributed by atoms with Gasteiger partial charge in [-0.15, -0.1) is 0 Å². The van der Waals surface area contributed by atoms with Crippen molar-refractivity contribution in [1.82, 2.24) is 5.32 Å². The lowest BCUT2D eigenvalue weighted by molar-refractivity contribution is 0.290. The third kappa shape index (κ3) is 8.77. The molecule has 0 aliphatic carbocycles. The summed E-state index contributed by atoms with van der Waals surface area (Å²) >= 11 is 0. The second-order valence-corrected chi connectivity index (χ2v) is 4.33. The van der Waals surface area contributed by atoms with Crippen LogP contribution in [0.1, 0.15) is 32.6 Å². The van der Waals surface area contributed by atoms with Crippen LogP contribution in [0.4, 0.5) is 0 Å². The van der Waals surface area contributed by atoms with Crippen molar-refractivity contribution in [2.45, 2.75) is 38.4 Å². The highest BCUT2D eigenvalue weighted by Crippen LogP contribution is 2.12. The second-order valence-electron chi connectivity index (χ2n) is 4.33. The summed E-state index contributed by atoms with van der Waals surface area (Å²) < 4.78 is 0. The summed E-state index contributed by atoms with van der Waals surface area (Å²) in [5.41, 5.74) is 22.7. The van der Waals surface area contributed by atoms with Crippen LogP contribution in [0.2, 0.25) is 0 Å². The highest BCUT2D eigenvalue weighted by Gasteiger charge is 2.18. The van der Waals surface area contributed by atoms with Crippen LogP contribution in [0, 0.1) is 5.92 Å². The molecule has 0 rings (SSSR count). The normalized spacial score (nSPS) is 14.2. The monoisotopic (exact) mass is 217 g/mol. The molecule has 0 radical (unpaired) electrons. The van der Waals surface area contributed by atoms with E-state index in [2.05, 4.69) is 12.2 Å². The smallest absolute Gasteiger partial charge is 0.118 e. The average Bonchev–Trinajstić information content (AvgIpc) is 2.16. The van der Waals surface area contributed by atoms with Gasteiger partial charge in [-0.3, -0.25) is 5.32 Å². The van der Waals surface area contributed by atoms with Crippen molar-refractivity contribution >= 4 is 0 Å². The van der Waals surface area contributed by atoms with E-state index < -0.39 is 5.79 Å². The Labute approximate surface area is 92.9 Å². The van der Waals surface area contributed by atoms with Gasteiger partial charge in [-0.2, -0.15) is 0 Å². The molecule has 5 nitrogen and oxygen atoms in total. The van der Waals surface area contributed by atoms with E-state index in [0.717, 1.165) is 38.8 Å². The summed E-state index contributed by atoms with van der Waals surface area (Å²) in [7, 11) is 0. The van der Waals surface area contributed by atoms with E-state index in [4.69, 9.17) is 22.9 Å². The molecule has 0 heterocycles. The van der Waals surface area contributed by atoms with E-state index >= 15 is 0 Å². The van der Waals surface area contributed by atoms with Crippen molar-refractivity contribution in [3.05, 3.63) is 0 Å². The molecular formula is C10H27N5. The maximum absolute atomic E-state index is 5.90. The molecule has 0 amide bonds. The van der Waals surface area contributed by atoms with Crippen molar-refractivity contribution in [1.29, 1.82) is 0 Å². The van der Waals surface area contributed by atoms with Crippen LogP contribution >= 0.6 is 0 Å². The Bertz CT molecular complexity index is 149. The first-order valence-corrected chi connectivity index (χ1v) is 5.74. The van der Waals surface area contributed by atoms with Gasteiger partial charge in [0.05, 0.1) is 0 Å². The third-order valence-corrected chi connectivity index (χ3v) is 2.55. The van der Waals surface area contributed by atoms with E-state index in [1.54, 1.807) is 0 Å². The Kier molecular flexibility index (Phi) is 7.90. The van der Waals surface area contributed by atoms with E-state index in [1.165, 1.54) is 0 Å². The van der Waals surface area contributed by atoms with Crippen LogP contribution in [-0.2, 0) is 0 Å². The highest BCUT2D eigenvalue weighted by molar-refractivity contribution is 4.74. The molecule has 1 unspecified atom stereocenters. The first-order chi connectivity index (χ1) is 7.02. The molecule has 0 spiro atoms. The van der Waals surface area contributed by atoms with E-state index in [0.29, 0.717) is 12.5 Å². The van der Waals surface area contributed by atoms with E-state index in [-0.39, 0.29) is 0 Å². The molecule has 9 N–H and O–H groups in total. The predicted molar refractivity (Wildman–Crippen MR) is 64.8 cm³/mol. The van der Waals surface area contributed by atoms with Gasteiger partial charge in [-0.05, 0) is 51.2 Å². The van der Waals surface area contributed by atoms with Crippen LogP contribution in [0.5, 0.6) is 0 Å². The summed E-state index contributed by atoms with van der Waals surface area (Å²) in [4.78, 5) is 0. The molecule has 0 aliphatic rings. The van der Waals surface area contributed by atoms with Gasteiger partial charge in [0.25, 0.3) is 0 Å². The fraction of sp³-hybridized carbons (Fsp3) is 1.00. The van der Waals surface area contributed by atoms with Crippen molar-refractivity contribution in [2.24, 2.45) is 28.9 Å². The van der Waals surface area contributed by atoms with Crippen LogP contribution < -0.4 is 28.3 Å². The Hall–Kier alpha value is -0.200. The van der Waals surface area contributed by atoms with Gasteiger partial charge in [0, 0.05) is 0 Å². The summed E-state index contributed by atoms with van der Waals surface area (Å²) in [5.74, 6) is -0.185.